The summed E-state index contributed by atoms with van der Waals surface area (Å²) in [6, 6.07) is 7.98. The summed E-state index contributed by atoms with van der Waals surface area (Å²) in [6.07, 6.45) is -5.18. The number of nitrogens with zero attached hydrogens (tertiary/aromatic N) is 5. The van der Waals surface area contributed by atoms with Gasteiger partial charge in [-0.1, -0.05) is 30.3 Å². The summed E-state index contributed by atoms with van der Waals surface area (Å²) in [7, 11) is 0. The number of tetrazole rings is 1. The Hall–Kier alpha value is -2.95. The number of rotatable bonds is 6. The largest absolute Gasteiger partial charge is 0.393 e. The molecular weight excluding hydrogens is 385 g/mol. The second-order valence-electron chi connectivity index (χ2n) is 6.09. The van der Waals surface area contributed by atoms with Crippen molar-refractivity contribution in [1.29, 1.82) is 0 Å². The van der Waals surface area contributed by atoms with Gasteiger partial charge in [-0.25, -0.2) is 4.68 Å². The van der Waals surface area contributed by atoms with E-state index in [1.54, 1.807) is 0 Å². The molecule has 0 aliphatic carbocycles. The van der Waals surface area contributed by atoms with Crippen LogP contribution in [-0.2, 0) is 18.9 Å². The van der Waals surface area contributed by atoms with Crippen molar-refractivity contribution in [2.45, 2.75) is 31.2 Å². The Morgan fingerprint density at radius 1 is 0.964 bits per heavy atom. The first kappa shape index (κ1) is 19.8. The molecule has 0 aliphatic heterocycles. The number of hydrogen-bond donors (Lipinski definition) is 1. The Balaban J connectivity index is 1.73. The second kappa shape index (κ2) is 7.58. The molecule has 0 radical (unpaired) electrons. The molecule has 0 saturated carbocycles. The summed E-state index contributed by atoms with van der Waals surface area (Å²) in [5, 5.41) is 19.8. The van der Waals surface area contributed by atoms with Crippen LogP contribution in [0.5, 0.6) is 0 Å². The molecule has 3 aromatic rings. The van der Waals surface area contributed by atoms with Gasteiger partial charge in [0.1, 0.15) is 18.1 Å². The summed E-state index contributed by atoms with van der Waals surface area (Å²) in [5.41, 5.74) is 0.430. The van der Waals surface area contributed by atoms with Crippen molar-refractivity contribution in [3.05, 3.63) is 60.2 Å². The quantitative estimate of drug-likeness (QED) is 0.645. The zero-order valence-electron chi connectivity index (χ0n) is 14.2. The highest BCUT2D eigenvalue weighted by atomic mass is 19.4. The fourth-order valence-electron chi connectivity index (χ4n) is 2.53. The number of aliphatic hydroxyl groups excluding tert-OH is 1. The lowest BCUT2D eigenvalue weighted by atomic mass is 10.0. The van der Waals surface area contributed by atoms with E-state index in [0.717, 1.165) is 17.1 Å². The van der Waals surface area contributed by atoms with Crippen LogP contribution in [0.15, 0.2) is 48.9 Å². The number of hydrogen-bond acceptors (Lipinski definition) is 5. The molecule has 0 bridgehead atoms. The molecule has 11 heteroatoms. The minimum Gasteiger partial charge on any atom is -0.384 e. The first-order valence-electron chi connectivity index (χ1n) is 8.04. The minimum absolute atomic E-state index is 0.0955. The van der Waals surface area contributed by atoms with Crippen LogP contribution in [0.1, 0.15) is 11.3 Å². The smallest absolute Gasteiger partial charge is 0.384 e. The Kier molecular flexibility index (Phi) is 5.36. The van der Waals surface area contributed by atoms with E-state index in [1.807, 2.05) is 0 Å². The van der Waals surface area contributed by atoms with Gasteiger partial charge in [-0.15, -0.1) is 5.10 Å². The molecule has 1 aromatic carbocycles. The standard InChI is InChI=1S/C17H14F5N5O/c18-16(19,20)7-11-1-3-12(4-2-11)13-5-6-14(23-8-13)17(21,22)15(28)9-27-10-24-25-26-27/h1-6,8,10,15,28H,7,9H2. The van der Waals surface area contributed by atoms with Crippen LogP contribution < -0.4 is 0 Å². The van der Waals surface area contributed by atoms with Gasteiger partial charge in [0.25, 0.3) is 0 Å². The van der Waals surface area contributed by atoms with Gasteiger partial charge in [-0.3, -0.25) is 4.98 Å². The number of aliphatic hydroxyl groups is 1. The van der Waals surface area contributed by atoms with Gasteiger partial charge >= 0.3 is 12.1 Å². The van der Waals surface area contributed by atoms with Crippen LogP contribution in [0.4, 0.5) is 22.0 Å². The van der Waals surface area contributed by atoms with E-state index in [2.05, 4.69) is 20.5 Å². The average Bonchev–Trinajstić information content (AvgIpc) is 3.14. The van der Waals surface area contributed by atoms with Crippen LogP contribution in [-0.4, -0.2) is 42.6 Å². The lowest BCUT2D eigenvalue weighted by molar-refractivity contribution is -0.127. The van der Waals surface area contributed by atoms with Crippen molar-refractivity contribution >= 4 is 0 Å². The van der Waals surface area contributed by atoms with E-state index in [9.17, 15) is 27.1 Å². The van der Waals surface area contributed by atoms with Gasteiger partial charge in [0.05, 0.1) is 13.0 Å². The molecule has 0 aliphatic rings. The van der Waals surface area contributed by atoms with Crippen molar-refractivity contribution < 1.29 is 27.1 Å². The third-order valence-electron chi connectivity index (χ3n) is 3.97. The molecule has 148 valence electrons. The van der Waals surface area contributed by atoms with Crippen LogP contribution in [0.25, 0.3) is 11.1 Å². The Bertz CT molecular complexity index is 895. The van der Waals surface area contributed by atoms with E-state index in [0.29, 0.717) is 11.1 Å². The maximum atomic E-state index is 14.4. The predicted molar refractivity (Wildman–Crippen MR) is 87.1 cm³/mol. The highest BCUT2D eigenvalue weighted by Crippen LogP contribution is 2.32. The Morgan fingerprint density at radius 2 is 1.64 bits per heavy atom. The zero-order valence-corrected chi connectivity index (χ0v) is 14.2. The van der Waals surface area contributed by atoms with Crippen LogP contribution in [0, 0.1) is 0 Å². The number of pyridine rings is 1. The normalized spacial score (nSPS) is 13.5. The molecule has 0 saturated heterocycles. The second-order valence-corrected chi connectivity index (χ2v) is 6.09. The predicted octanol–water partition coefficient (Wildman–Crippen LogP) is 2.99. The van der Waals surface area contributed by atoms with Gasteiger partial charge in [0.15, 0.2) is 0 Å². The average molecular weight is 399 g/mol. The molecule has 28 heavy (non-hydrogen) atoms. The molecule has 2 heterocycles. The number of aromatic nitrogens is 5. The van der Waals surface area contributed by atoms with E-state index >= 15 is 0 Å². The molecule has 1 N–H and O–H groups in total. The van der Waals surface area contributed by atoms with Gasteiger partial charge in [-0.2, -0.15) is 22.0 Å². The third kappa shape index (κ3) is 4.66. The van der Waals surface area contributed by atoms with Gasteiger partial charge in [0.2, 0.25) is 0 Å². The molecule has 2 aromatic heterocycles. The molecule has 0 fully saturated rings. The molecule has 0 amide bonds. The summed E-state index contributed by atoms with van der Waals surface area (Å²) >= 11 is 0. The highest BCUT2D eigenvalue weighted by Gasteiger charge is 2.42. The molecule has 3 rings (SSSR count). The number of alkyl halides is 5. The Morgan fingerprint density at radius 3 is 2.18 bits per heavy atom. The molecular formula is C17H14F5N5O. The first-order valence-corrected chi connectivity index (χ1v) is 8.04. The van der Waals surface area contributed by atoms with Crippen molar-refractivity contribution in [3.8, 4) is 11.1 Å². The van der Waals surface area contributed by atoms with E-state index in [1.165, 1.54) is 36.5 Å². The van der Waals surface area contributed by atoms with Gasteiger partial charge in [0, 0.05) is 11.8 Å². The highest BCUT2D eigenvalue weighted by molar-refractivity contribution is 5.62. The monoisotopic (exact) mass is 399 g/mol. The van der Waals surface area contributed by atoms with Crippen LogP contribution >= 0.6 is 0 Å². The van der Waals surface area contributed by atoms with Crippen molar-refractivity contribution in [3.63, 3.8) is 0 Å². The maximum absolute atomic E-state index is 14.4. The molecule has 6 nitrogen and oxygen atoms in total. The van der Waals surface area contributed by atoms with E-state index in [-0.39, 0.29) is 5.56 Å². The van der Waals surface area contributed by atoms with Crippen molar-refractivity contribution in [2.75, 3.05) is 0 Å². The molecule has 1 unspecified atom stereocenters. The maximum Gasteiger partial charge on any atom is 0.393 e. The lowest BCUT2D eigenvalue weighted by Gasteiger charge is -2.21. The lowest BCUT2D eigenvalue weighted by Crippen LogP contribution is -2.35. The summed E-state index contributed by atoms with van der Waals surface area (Å²) in [5.74, 6) is -3.65. The number of benzene rings is 1. The van der Waals surface area contributed by atoms with Crippen LogP contribution in [0.2, 0.25) is 0 Å². The first-order chi connectivity index (χ1) is 13.1. The van der Waals surface area contributed by atoms with E-state index in [4.69, 9.17) is 0 Å². The molecule has 0 spiro atoms. The van der Waals surface area contributed by atoms with Crippen molar-refractivity contribution in [1.82, 2.24) is 25.2 Å². The Labute approximate surface area is 155 Å². The SMILES string of the molecule is OC(Cn1cnnn1)C(F)(F)c1ccc(-c2ccc(CC(F)(F)F)cc2)cn1. The van der Waals surface area contributed by atoms with E-state index < -0.39 is 36.9 Å². The molecule has 1 atom stereocenters. The summed E-state index contributed by atoms with van der Waals surface area (Å²) in [4.78, 5) is 3.71. The van der Waals surface area contributed by atoms with Gasteiger partial charge in [-0.05, 0) is 27.6 Å². The fraction of sp³-hybridized carbons (Fsp3) is 0.294. The minimum atomic E-state index is -4.31. The van der Waals surface area contributed by atoms with Crippen LogP contribution in [0.3, 0.4) is 0 Å². The summed E-state index contributed by atoms with van der Waals surface area (Å²) in [6.45, 7) is -0.524. The van der Waals surface area contributed by atoms with Gasteiger partial charge < -0.3 is 5.11 Å². The topological polar surface area (TPSA) is 76.7 Å². The number of halogens is 5. The fourth-order valence-corrected chi connectivity index (χ4v) is 2.53. The van der Waals surface area contributed by atoms with Crippen molar-refractivity contribution in [2.24, 2.45) is 0 Å². The summed E-state index contributed by atoms with van der Waals surface area (Å²) < 4.78 is 66.9. The zero-order chi connectivity index (χ0) is 20.4. The third-order valence-corrected chi connectivity index (χ3v) is 3.97.